The monoisotopic (exact) mass is 233 g/mol. The van der Waals surface area contributed by atoms with Crippen molar-refractivity contribution in [2.75, 3.05) is 13.2 Å². The van der Waals surface area contributed by atoms with Gasteiger partial charge in [0.25, 0.3) is 0 Å². The smallest absolute Gasteiger partial charge is 0.142 e. The molecule has 2 N–H and O–H groups in total. The first-order valence-corrected chi connectivity index (χ1v) is 4.63. The minimum atomic E-state index is -0.540. The van der Waals surface area contributed by atoms with Crippen LogP contribution in [0.5, 0.6) is 5.75 Å². The standard InChI is InChI=1S/C10H10ClF2NO/c11-9-5-8(1-2-10(9)13)15-6-7(12)3-4-14/h1-3,5H,4,6,14H2. The highest BCUT2D eigenvalue weighted by atomic mass is 35.5. The van der Waals surface area contributed by atoms with Crippen LogP contribution in [0.15, 0.2) is 30.1 Å². The molecular formula is C10H10ClF2NO. The van der Waals surface area contributed by atoms with Crippen molar-refractivity contribution in [2.24, 2.45) is 5.73 Å². The zero-order chi connectivity index (χ0) is 11.3. The van der Waals surface area contributed by atoms with Gasteiger partial charge in [0.05, 0.1) is 5.02 Å². The first-order valence-electron chi connectivity index (χ1n) is 4.26. The minimum Gasteiger partial charge on any atom is -0.486 e. The molecule has 82 valence electrons. The van der Waals surface area contributed by atoms with Crippen LogP contribution in [-0.4, -0.2) is 13.2 Å². The summed E-state index contributed by atoms with van der Waals surface area (Å²) < 4.78 is 30.6. The maximum atomic E-state index is 12.8. The highest BCUT2D eigenvalue weighted by Gasteiger charge is 2.02. The zero-order valence-corrected chi connectivity index (χ0v) is 8.60. The first kappa shape index (κ1) is 11.9. The maximum Gasteiger partial charge on any atom is 0.142 e. The number of benzene rings is 1. The molecule has 0 radical (unpaired) electrons. The third kappa shape index (κ3) is 3.85. The SMILES string of the molecule is NCC=C(F)COc1ccc(F)c(Cl)c1. The van der Waals surface area contributed by atoms with E-state index in [4.69, 9.17) is 22.1 Å². The van der Waals surface area contributed by atoms with E-state index in [1.165, 1.54) is 18.2 Å². The summed E-state index contributed by atoms with van der Waals surface area (Å²) >= 11 is 5.51. The number of hydrogen-bond acceptors (Lipinski definition) is 2. The first-order chi connectivity index (χ1) is 7.13. The number of halogens is 3. The van der Waals surface area contributed by atoms with Crippen molar-refractivity contribution in [2.45, 2.75) is 0 Å². The summed E-state index contributed by atoms with van der Waals surface area (Å²) in [7, 11) is 0. The highest BCUT2D eigenvalue weighted by molar-refractivity contribution is 6.30. The number of nitrogens with two attached hydrogens (primary N) is 1. The van der Waals surface area contributed by atoms with Crippen molar-refractivity contribution in [3.8, 4) is 5.75 Å². The second-order valence-corrected chi connectivity index (χ2v) is 3.16. The molecular weight excluding hydrogens is 224 g/mol. The molecule has 0 saturated carbocycles. The van der Waals surface area contributed by atoms with Crippen LogP contribution in [0.25, 0.3) is 0 Å². The van der Waals surface area contributed by atoms with Crippen molar-refractivity contribution in [1.29, 1.82) is 0 Å². The zero-order valence-electron chi connectivity index (χ0n) is 7.84. The van der Waals surface area contributed by atoms with Gasteiger partial charge in [-0.2, -0.15) is 0 Å². The molecule has 0 aromatic heterocycles. The van der Waals surface area contributed by atoms with Gasteiger partial charge in [0.2, 0.25) is 0 Å². The summed E-state index contributed by atoms with van der Waals surface area (Å²) in [5.41, 5.74) is 5.10. The normalized spacial score (nSPS) is 11.6. The van der Waals surface area contributed by atoms with Crippen molar-refractivity contribution < 1.29 is 13.5 Å². The van der Waals surface area contributed by atoms with Crippen LogP contribution in [-0.2, 0) is 0 Å². The molecule has 15 heavy (non-hydrogen) atoms. The van der Waals surface area contributed by atoms with Gasteiger partial charge in [-0.1, -0.05) is 11.6 Å². The quantitative estimate of drug-likeness (QED) is 0.868. The van der Waals surface area contributed by atoms with Crippen molar-refractivity contribution in [3.05, 3.63) is 40.9 Å². The molecule has 0 saturated heterocycles. The van der Waals surface area contributed by atoms with Gasteiger partial charge in [0.15, 0.2) is 0 Å². The fourth-order valence-electron chi connectivity index (χ4n) is 0.906. The van der Waals surface area contributed by atoms with E-state index in [1.54, 1.807) is 0 Å². The van der Waals surface area contributed by atoms with Gasteiger partial charge in [-0.15, -0.1) is 0 Å². The summed E-state index contributed by atoms with van der Waals surface area (Å²) in [6.07, 6.45) is 1.20. The van der Waals surface area contributed by atoms with Crippen LogP contribution in [0.4, 0.5) is 8.78 Å². The lowest BCUT2D eigenvalue weighted by Gasteiger charge is -2.05. The molecule has 1 aromatic carbocycles. The summed E-state index contributed by atoms with van der Waals surface area (Å²) in [6.45, 7) is -0.126. The Morgan fingerprint density at radius 2 is 2.27 bits per heavy atom. The number of rotatable bonds is 4. The maximum absolute atomic E-state index is 12.8. The van der Waals surface area contributed by atoms with E-state index in [0.717, 1.165) is 6.07 Å². The fraction of sp³-hybridized carbons (Fsp3) is 0.200. The Balaban J connectivity index is 2.58. The van der Waals surface area contributed by atoms with E-state index in [9.17, 15) is 8.78 Å². The molecule has 1 rings (SSSR count). The minimum absolute atomic E-state index is 0.0595. The fourth-order valence-corrected chi connectivity index (χ4v) is 1.08. The van der Waals surface area contributed by atoms with Gasteiger partial charge >= 0.3 is 0 Å². The van der Waals surface area contributed by atoms with Gasteiger partial charge in [0.1, 0.15) is 24.0 Å². The van der Waals surface area contributed by atoms with Crippen LogP contribution in [0, 0.1) is 5.82 Å². The lowest BCUT2D eigenvalue weighted by molar-refractivity contribution is 0.318. The Bertz CT molecular complexity index is 368. The molecule has 0 atom stereocenters. The molecule has 2 nitrogen and oxygen atoms in total. The summed E-state index contributed by atoms with van der Waals surface area (Å²) in [5, 5.41) is -0.0595. The topological polar surface area (TPSA) is 35.2 Å². The molecule has 0 aliphatic rings. The lowest BCUT2D eigenvalue weighted by Crippen LogP contribution is -2.01. The predicted molar refractivity (Wildman–Crippen MR) is 55.2 cm³/mol. The summed E-state index contributed by atoms with van der Waals surface area (Å²) in [5.74, 6) is -0.707. The Morgan fingerprint density at radius 3 is 2.87 bits per heavy atom. The molecule has 0 aliphatic carbocycles. The molecule has 1 aromatic rings. The highest BCUT2D eigenvalue weighted by Crippen LogP contribution is 2.21. The molecule has 0 amide bonds. The molecule has 5 heteroatoms. The Kier molecular flexibility index (Phi) is 4.52. The second kappa shape index (κ2) is 5.68. The largest absolute Gasteiger partial charge is 0.486 e. The van der Waals surface area contributed by atoms with E-state index in [1.807, 2.05) is 0 Å². The van der Waals surface area contributed by atoms with Crippen LogP contribution >= 0.6 is 11.6 Å². The average molecular weight is 234 g/mol. The molecule has 0 fully saturated rings. The van der Waals surface area contributed by atoms with E-state index in [-0.39, 0.29) is 18.2 Å². The van der Waals surface area contributed by atoms with Crippen LogP contribution < -0.4 is 10.5 Å². The molecule has 0 unspecified atom stereocenters. The van der Waals surface area contributed by atoms with E-state index in [0.29, 0.717) is 5.75 Å². The average Bonchev–Trinajstić information content (AvgIpc) is 2.20. The lowest BCUT2D eigenvalue weighted by atomic mass is 10.3. The van der Waals surface area contributed by atoms with Gasteiger partial charge in [-0.3, -0.25) is 0 Å². The van der Waals surface area contributed by atoms with Crippen molar-refractivity contribution >= 4 is 11.6 Å². The van der Waals surface area contributed by atoms with Crippen molar-refractivity contribution in [1.82, 2.24) is 0 Å². The van der Waals surface area contributed by atoms with E-state index < -0.39 is 11.6 Å². The Labute approximate surface area is 91.3 Å². The van der Waals surface area contributed by atoms with Gasteiger partial charge in [0, 0.05) is 12.6 Å². The molecule has 0 spiro atoms. The van der Waals surface area contributed by atoms with Crippen LogP contribution in [0.1, 0.15) is 0 Å². The van der Waals surface area contributed by atoms with Crippen molar-refractivity contribution in [3.63, 3.8) is 0 Å². The number of hydrogen-bond donors (Lipinski definition) is 1. The van der Waals surface area contributed by atoms with E-state index in [2.05, 4.69) is 0 Å². The van der Waals surface area contributed by atoms with Crippen LogP contribution in [0.2, 0.25) is 5.02 Å². The third-order valence-corrected chi connectivity index (χ3v) is 1.90. The number of ether oxygens (including phenoxy) is 1. The third-order valence-electron chi connectivity index (χ3n) is 1.61. The molecule has 0 heterocycles. The summed E-state index contributed by atoms with van der Waals surface area (Å²) in [6, 6.07) is 3.81. The van der Waals surface area contributed by atoms with Crippen LogP contribution in [0.3, 0.4) is 0 Å². The molecule has 0 bridgehead atoms. The van der Waals surface area contributed by atoms with E-state index >= 15 is 0 Å². The predicted octanol–water partition coefficient (Wildman–Crippen LogP) is 2.67. The Hall–Kier alpha value is -1.13. The second-order valence-electron chi connectivity index (χ2n) is 2.75. The molecule has 0 aliphatic heterocycles. The summed E-state index contributed by atoms with van der Waals surface area (Å²) in [4.78, 5) is 0. The van der Waals surface area contributed by atoms with Gasteiger partial charge in [-0.05, 0) is 18.2 Å². The Morgan fingerprint density at radius 1 is 1.53 bits per heavy atom. The van der Waals surface area contributed by atoms with Gasteiger partial charge < -0.3 is 10.5 Å². The van der Waals surface area contributed by atoms with Gasteiger partial charge in [-0.25, -0.2) is 8.78 Å².